The number of benzene rings is 2. The van der Waals surface area contributed by atoms with Crippen molar-refractivity contribution in [1.29, 1.82) is 0 Å². The van der Waals surface area contributed by atoms with E-state index in [1.54, 1.807) is 0 Å². The van der Waals surface area contributed by atoms with E-state index in [4.69, 9.17) is 11.6 Å². The van der Waals surface area contributed by atoms with Crippen LogP contribution in [0, 0.1) is 11.6 Å². The van der Waals surface area contributed by atoms with Gasteiger partial charge in [0, 0.05) is 42.3 Å². The molecule has 0 saturated carbocycles. The standard InChI is InChI=1S/C19H19ClF2N2O/c20-15-3-1-13(2-4-15)12-24-7-5-18(6-8-24)23-19(25)14-9-16(21)11-17(22)10-14/h1-4,9-11,18H,5-8,12H2,(H,23,25). The third kappa shape index (κ3) is 5.00. The molecule has 1 N–H and O–H groups in total. The summed E-state index contributed by atoms with van der Waals surface area (Å²) in [6.45, 7) is 2.54. The van der Waals surface area contributed by atoms with Crippen molar-refractivity contribution < 1.29 is 13.6 Å². The summed E-state index contributed by atoms with van der Waals surface area (Å²) in [6, 6.07) is 10.6. The molecular weight excluding hydrogens is 346 g/mol. The fraction of sp³-hybridized carbons (Fsp3) is 0.316. The number of amides is 1. The van der Waals surface area contributed by atoms with Gasteiger partial charge in [-0.2, -0.15) is 0 Å². The zero-order chi connectivity index (χ0) is 17.8. The Labute approximate surface area is 150 Å². The number of hydrogen-bond donors (Lipinski definition) is 1. The Kier molecular flexibility index (Phi) is 5.66. The molecule has 2 aromatic carbocycles. The van der Waals surface area contributed by atoms with Gasteiger partial charge in [-0.05, 0) is 42.7 Å². The molecule has 1 aliphatic rings. The van der Waals surface area contributed by atoms with E-state index >= 15 is 0 Å². The Balaban J connectivity index is 1.50. The minimum Gasteiger partial charge on any atom is -0.349 e. The number of rotatable bonds is 4. The van der Waals surface area contributed by atoms with E-state index < -0.39 is 17.5 Å². The second-order valence-corrected chi connectivity index (χ2v) is 6.74. The number of likely N-dealkylation sites (tertiary alicyclic amines) is 1. The summed E-state index contributed by atoms with van der Waals surface area (Å²) in [7, 11) is 0. The molecule has 2 aromatic rings. The number of halogens is 3. The van der Waals surface area contributed by atoms with Gasteiger partial charge in [-0.1, -0.05) is 23.7 Å². The topological polar surface area (TPSA) is 32.3 Å². The van der Waals surface area contributed by atoms with Crippen molar-refractivity contribution in [1.82, 2.24) is 10.2 Å². The molecule has 1 heterocycles. The lowest BCUT2D eigenvalue weighted by atomic mass is 10.0. The van der Waals surface area contributed by atoms with E-state index in [1.807, 2.05) is 24.3 Å². The van der Waals surface area contributed by atoms with Gasteiger partial charge >= 0.3 is 0 Å². The quantitative estimate of drug-likeness (QED) is 0.889. The zero-order valence-electron chi connectivity index (χ0n) is 13.6. The molecule has 25 heavy (non-hydrogen) atoms. The molecule has 0 spiro atoms. The van der Waals surface area contributed by atoms with Crippen molar-refractivity contribution in [2.45, 2.75) is 25.4 Å². The molecule has 6 heteroatoms. The number of carbonyl (C=O) groups excluding carboxylic acids is 1. The van der Waals surface area contributed by atoms with Gasteiger partial charge in [-0.3, -0.25) is 9.69 Å². The molecule has 3 nitrogen and oxygen atoms in total. The van der Waals surface area contributed by atoms with Crippen LogP contribution in [0.4, 0.5) is 8.78 Å². The first-order chi connectivity index (χ1) is 12.0. The number of nitrogens with one attached hydrogen (secondary N) is 1. The molecule has 0 atom stereocenters. The number of piperidine rings is 1. The maximum Gasteiger partial charge on any atom is 0.251 e. The minimum atomic E-state index is -0.747. The van der Waals surface area contributed by atoms with Gasteiger partial charge in [0.05, 0.1) is 0 Å². The third-order valence-corrected chi connectivity index (χ3v) is 4.62. The lowest BCUT2D eigenvalue weighted by Gasteiger charge is -2.32. The highest BCUT2D eigenvalue weighted by Gasteiger charge is 2.21. The summed E-state index contributed by atoms with van der Waals surface area (Å²) in [6.07, 6.45) is 1.61. The van der Waals surface area contributed by atoms with Crippen LogP contribution >= 0.6 is 11.6 Å². The molecule has 3 rings (SSSR count). The Morgan fingerprint density at radius 1 is 1.08 bits per heavy atom. The van der Waals surface area contributed by atoms with Gasteiger partial charge in [0.15, 0.2) is 0 Å². The predicted molar refractivity (Wildman–Crippen MR) is 93.6 cm³/mol. The average Bonchev–Trinajstić information content (AvgIpc) is 2.58. The molecule has 0 bridgehead atoms. The molecule has 0 aliphatic carbocycles. The fourth-order valence-corrected chi connectivity index (χ4v) is 3.16. The number of nitrogens with zero attached hydrogens (tertiary/aromatic N) is 1. The van der Waals surface area contributed by atoms with Crippen LogP contribution in [-0.4, -0.2) is 29.9 Å². The van der Waals surface area contributed by atoms with Crippen molar-refractivity contribution in [3.8, 4) is 0 Å². The fourth-order valence-electron chi connectivity index (χ4n) is 3.04. The Morgan fingerprint density at radius 2 is 1.68 bits per heavy atom. The molecule has 132 valence electrons. The number of hydrogen-bond acceptors (Lipinski definition) is 2. The SMILES string of the molecule is O=C(NC1CCN(Cc2ccc(Cl)cc2)CC1)c1cc(F)cc(F)c1. The highest BCUT2D eigenvalue weighted by Crippen LogP contribution is 2.16. The molecular formula is C19H19ClF2N2O. The van der Waals surface area contributed by atoms with Crippen molar-refractivity contribution in [2.75, 3.05) is 13.1 Å². The molecule has 1 saturated heterocycles. The van der Waals surface area contributed by atoms with Gasteiger partial charge in [0.1, 0.15) is 11.6 Å². The Bertz CT molecular complexity index is 723. The van der Waals surface area contributed by atoms with Gasteiger partial charge in [-0.25, -0.2) is 8.78 Å². The van der Waals surface area contributed by atoms with E-state index in [0.29, 0.717) is 0 Å². The largest absolute Gasteiger partial charge is 0.349 e. The maximum atomic E-state index is 13.2. The second kappa shape index (κ2) is 7.93. The molecule has 0 radical (unpaired) electrons. The Morgan fingerprint density at radius 3 is 2.28 bits per heavy atom. The first kappa shape index (κ1) is 17.8. The minimum absolute atomic E-state index is 0.0142. The van der Waals surface area contributed by atoms with E-state index in [1.165, 1.54) is 5.56 Å². The van der Waals surface area contributed by atoms with Crippen LogP contribution in [0.1, 0.15) is 28.8 Å². The van der Waals surface area contributed by atoms with Crippen molar-refractivity contribution in [2.24, 2.45) is 0 Å². The predicted octanol–water partition coefficient (Wildman–Crippen LogP) is 4.01. The lowest BCUT2D eigenvalue weighted by Crippen LogP contribution is -2.44. The van der Waals surface area contributed by atoms with Gasteiger partial charge in [0.25, 0.3) is 5.91 Å². The van der Waals surface area contributed by atoms with Crippen molar-refractivity contribution in [3.63, 3.8) is 0 Å². The summed E-state index contributed by atoms with van der Waals surface area (Å²) in [4.78, 5) is 14.5. The van der Waals surface area contributed by atoms with E-state index in [2.05, 4.69) is 10.2 Å². The van der Waals surface area contributed by atoms with Crippen molar-refractivity contribution in [3.05, 3.63) is 70.2 Å². The maximum absolute atomic E-state index is 13.2. The second-order valence-electron chi connectivity index (χ2n) is 6.31. The Hall–Kier alpha value is -1.98. The zero-order valence-corrected chi connectivity index (χ0v) is 14.4. The summed E-state index contributed by atoms with van der Waals surface area (Å²) >= 11 is 5.89. The van der Waals surface area contributed by atoms with Gasteiger partial charge in [-0.15, -0.1) is 0 Å². The van der Waals surface area contributed by atoms with Crippen LogP contribution in [0.15, 0.2) is 42.5 Å². The molecule has 0 unspecified atom stereocenters. The van der Waals surface area contributed by atoms with Crippen molar-refractivity contribution >= 4 is 17.5 Å². The van der Waals surface area contributed by atoms with Crippen LogP contribution in [0.5, 0.6) is 0 Å². The summed E-state index contributed by atoms with van der Waals surface area (Å²) in [5.74, 6) is -1.93. The highest BCUT2D eigenvalue weighted by atomic mass is 35.5. The van der Waals surface area contributed by atoms with Crippen LogP contribution in [0.25, 0.3) is 0 Å². The molecule has 0 aromatic heterocycles. The van der Waals surface area contributed by atoms with E-state index in [-0.39, 0.29) is 11.6 Å². The smallest absolute Gasteiger partial charge is 0.251 e. The van der Waals surface area contributed by atoms with Gasteiger partial charge < -0.3 is 5.32 Å². The van der Waals surface area contributed by atoms with Crippen LogP contribution in [0.3, 0.4) is 0 Å². The van der Waals surface area contributed by atoms with Gasteiger partial charge in [0.2, 0.25) is 0 Å². The monoisotopic (exact) mass is 364 g/mol. The first-order valence-corrected chi connectivity index (χ1v) is 8.61. The summed E-state index contributed by atoms with van der Waals surface area (Å²) in [5, 5.41) is 3.59. The lowest BCUT2D eigenvalue weighted by molar-refractivity contribution is 0.0908. The van der Waals surface area contributed by atoms with Crippen LogP contribution in [-0.2, 0) is 6.54 Å². The number of carbonyl (C=O) groups is 1. The summed E-state index contributed by atoms with van der Waals surface area (Å²) < 4.78 is 26.4. The van der Waals surface area contributed by atoms with Crippen LogP contribution in [0.2, 0.25) is 5.02 Å². The third-order valence-electron chi connectivity index (χ3n) is 4.37. The molecule has 1 aliphatic heterocycles. The molecule has 1 fully saturated rings. The van der Waals surface area contributed by atoms with E-state index in [9.17, 15) is 13.6 Å². The molecule has 1 amide bonds. The van der Waals surface area contributed by atoms with E-state index in [0.717, 1.165) is 55.7 Å². The average molecular weight is 365 g/mol. The summed E-state index contributed by atoms with van der Waals surface area (Å²) in [5.41, 5.74) is 1.21. The highest BCUT2D eigenvalue weighted by molar-refractivity contribution is 6.30. The first-order valence-electron chi connectivity index (χ1n) is 8.23. The van der Waals surface area contributed by atoms with Crippen LogP contribution < -0.4 is 5.32 Å². The normalized spacial score (nSPS) is 16.0.